The average molecular weight is 351 g/mol. The molecule has 2 N–H and O–H groups in total. The number of imidazole rings is 1. The molecule has 3 rings (SSSR count). The molecule has 0 unspecified atom stereocenters. The van der Waals surface area contributed by atoms with Crippen LogP contribution in [0.2, 0.25) is 5.02 Å². The molecule has 1 aromatic heterocycles. The zero-order valence-corrected chi connectivity index (χ0v) is 13.5. The lowest BCUT2D eigenvalue weighted by Gasteiger charge is -2.11. The van der Waals surface area contributed by atoms with Crippen LogP contribution < -0.4 is 5.73 Å². The van der Waals surface area contributed by atoms with E-state index in [-0.39, 0.29) is 0 Å². The van der Waals surface area contributed by atoms with Crippen LogP contribution in [0.25, 0.3) is 16.7 Å². The summed E-state index contributed by atoms with van der Waals surface area (Å²) in [4.78, 5) is 4.46. The van der Waals surface area contributed by atoms with E-state index in [1.165, 1.54) is 0 Å². The fraction of sp³-hybridized carbons (Fsp3) is 0.133. The van der Waals surface area contributed by atoms with Crippen LogP contribution in [-0.4, -0.2) is 9.55 Å². The molecule has 0 atom stereocenters. The number of aryl methyl sites for hydroxylation is 2. The van der Waals surface area contributed by atoms with Gasteiger partial charge in [0.05, 0.1) is 16.7 Å². The highest BCUT2D eigenvalue weighted by Crippen LogP contribution is 2.32. The van der Waals surface area contributed by atoms with Crippen molar-refractivity contribution in [1.82, 2.24) is 9.55 Å². The average Bonchev–Trinajstić information content (AvgIpc) is 2.72. The topological polar surface area (TPSA) is 43.8 Å². The van der Waals surface area contributed by atoms with Gasteiger partial charge in [-0.3, -0.25) is 4.57 Å². The van der Waals surface area contributed by atoms with Gasteiger partial charge in [-0.05, 0) is 59.1 Å². The van der Waals surface area contributed by atoms with E-state index >= 15 is 0 Å². The van der Waals surface area contributed by atoms with E-state index in [1.54, 1.807) is 0 Å². The first-order valence-electron chi connectivity index (χ1n) is 6.18. The van der Waals surface area contributed by atoms with E-state index in [0.717, 1.165) is 32.3 Å². The molecule has 0 saturated carbocycles. The van der Waals surface area contributed by atoms with Gasteiger partial charge in [-0.2, -0.15) is 0 Å². The van der Waals surface area contributed by atoms with E-state index in [9.17, 15) is 0 Å². The third-order valence-electron chi connectivity index (χ3n) is 3.38. The molecule has 0 bridgehead atoms. The van der Waals surface area contributed by atoms with Crippen molar-refractivity contribution in [3.63, 3.8) is 0 Å². The number of hydrogen-bond donors (Lipinski definition) is 1. The largest absolute Gasteiger partial charge is 0.369 e. The fourth-order valence-electron chi connectivity index (χ4n) is 2.32. The summed E-state index contributed by atoms with van der Waals surface area (Å²) in [6.07, 6.45) is 0. The molecule has 0 spiro atoms. The zero-order valence-electron chi connectivity index (χ0n) is 11.1. The number of nitrogens with zero attached hydrogens (tertiary/aromatic N) is 2. The molecular weight excluding hydrogens is 338 g/mol. The normalized spacial score (nSPS) is 11.2. The van der Waals surface area contributed by atoms with Crippen molar-refractivity contribution in [2.75, 3.05) is 5.73 Å². The van der Waals surface area contributed by atoms with Gasteiger partial charge < -0.3 is 5.73 Å². The number of nitrogens with two attached hydrogens (primary N) is 1. The maximum Gasteiger partial charge on any atom is 0.205 e. The van der Waals surface area contributed by atoms with E-state index in [2.05, 4.69) is 20.9 Å². The van der Waals surface area contributed by atoms with Crippen molar-refractivity contribution in [3.8, 4) is 5.69 Å². The van der Waals surface area contributed by atoms with Crippen molar-refractivity contribution in [1.29, 1.82) is 0 Å². The highest BCUT2D eigenvalue weighted by atomic mass is 79.9. The van der Waals surface area contributed by atoms with E-state index < -0.39 is 0 Å². The van der Waals surface area contributed by atoms with Gasteiger partial charge in [0.15, 0.2) is 0 Å². The summed E-state index contributed by atoms with van der Waals surface area (Å²) >= 11 is 9.82. The van der Waals surface area contributed by atoms with Gasteiger partial charge in [-0.15, -0.1) is 0 Å². The molecule has 0 aliphatic carbocycles. The first kappa shape index (κ1) is 13.5. The Morgan fingerprint density at radius 3 is 2.70 bits per heavy atom. The lowest BCUT2D eigenvalue weighted by molar-refractivity contribution is 1.10. The summed E-state index contributed by atoms with van der Waals surface area (Å²) in [6, 6.07) is 9.92. The number of nitrogen functional groups attached to an aromatic ring is 1. The van der Waals surface area contributed by atoms with Crippen LogP contribution in [0.3, 0.4) is 0 Å². The van der Waals surface area contributed by atoms with Crippen LogP contribution in [-0.2, 0) is 0 Å². The lowest BCUT2D eigenvalue weighted by Crippen LogP contribution is -2.02. The van der Waals surface area contributed by atoms with E-state index in [1.807, 2.05) is 48.7 Å². The molecule has 0 radical (unpaired) electrons. The Bertz CT molecular complexity index is 824. The highest BCUT2D eigenvalue weighted by Gasteiger charge is 2.14. The fourth-order valence-corrected chi connectivity index (χ4v) is 3.11. The summed E-state index contributed by atoms with van der Waals surface area (Å²) in [6.45, 7) is 3.99. The maximum atomic E-state index is 6.24. The summed E-state index contributed by atoms with van der Waals surface area (Å²) in [5.74, 6) is 0.454. The Balaban J connectivity index is 2.38. The van der Waals surface area contributed by atoms with Crippen molar-refractivity contribution >= 4 is 44.5 Å². The smallest absolute Gasteiger partial charge is 0.205 e. The molecule has 0 amide bonds. The zero-order chi connectivity index (χ0) is 14.4. The summed E-state index contributed by atoms with van der Waals surface area (Å²) < 4.78 is 2.85. The number of para-hydroxylation sites is 1. The van der Waals surface area contributed by atoms with Gasteiger partial charge in [0, 0.05) is 9.50 Å². The van der Waals surface area contributed by atoms with Gasteiger partial charge in [-0.1, -0.05) is 23.7 Å². The number of fused-ring (bicyclic) bond motifs is 1. The Hall–Kier alpha value is -1.52. The second-order valence-electron chi connectivity index (χ2n) is 4.80. The highest BCUT2D eigenvalue weighted by molar-refractivity contribution is 9.10. The van der Waals surface area contributed by atoms with Gasteiger partial charge in [0.1, 0.15) is 0 Å². The molecule has 0 aliphatic rings. The number of rotatable bonds is 1. The second kappa shape index (κ2) is 4.79. The summed E-state index contributed by atoms with van der Waals surface area (Å²) in [5.41, 5.74) is 11.0. The molecule has 20 heavy (non-hydrogen) atoms. The first-order valence-corrected chi connectivity index (χ1v) is 7.35. The monoisotopic (exact) mass is 349 g/mol. The Kier molecular flexibility index (Phi) is 3.22. The minimum atomic E-state index is 0.454. The van der Waals surface area contributed by atoms with Crippen LogP contribution in [0.15, 0.2) is 34.8 Å². The molecule has 0 aliphatic heterocycles. The Labute approximate surface area is 130 Å². The van der Waals surface area contributed by atoms with E-state index in [0.29, 0.717) is 11.0 Å². The number of benzene rings is 2. The standard InChI is InChI=1S/C15H13BrClN3/c1-8-4-3-5-12-14(8)19-15(18)20(12)13-7-11(17)9(2)6-10(13)16/h3-7H,1-2H3,(H2,18,19). The van der Waals surface area contributed by atoms with Crippen LogP contribution in [0.1, 0.15) is 11.1 Å². The van der Waals surface area contributed by atoms with Crippen molar-refractivity contribution < 1.29 is 0 Å². The molecule has 2 aromatic carbocycles. The molecule has 1 heterocycles. The van der Waals surface area contributed by atoms with Crippen molar-refractivity contribution in [2.45, 2.75) is 13.8 Å². The van der Waals surface area contributed by atoms with Gasteiger partial charge in [-0.25, -0.2) is 4.98 Å². The lowest BCUT2D eigenvalue weighted by atomic mass is 10.2. The SMILES string of the molecule is Cc1cc(Br)c(-n2c(N)nc3c(C)cccc32)cc1Cl. The van der Waals surface area contributed by atoms with Crippen molar-refractivity contribution in [2.24, 2.45) is 0 Å². The molecule has 0 saturated heterocycles. The van der Waals surface area contributed by atoms with Gasteiger partial charge in [0.25, 0.3) is 0 Å². The molecule has 3 aromatic rings. The number of aromatic nitrogens is 2. The van der Waals surface area contributed by atoms with Crippen LogP contribution >= 0.6 is 27.5 Å². The second-order valence-corrected chi connectivity index (χ2v) is 6.06. The number of anilines is 1. The molecule has 5 heteroatoms. The molecule has 0 fully saturated rings. The predicted molar refractivity (Wildman–Crippen MR) is 87.7 cm³/mol. The summed E-state index contributed by atoms with van der Waals surface area (Å²) in [5, 5.41) is 0.706. The van der Waals surface area contributed by atoms with Gasteiger partial charge >= 0.3 is 0 Å². The predicted octanol–water partition coefficient (Wildman–Crippen LogP) is 4.64. The van der Waals surface area contributed by atoms with E-state index in [4.69, 9.17) is 17.3 Å². The molecular formula is C15H13BrClN3. The molecule has 102 valence electrons. The minimum Gasteiger partial charge on any atom is -0.369 e. The molecule has 3 nitrogen and oxygen atoms in total. The van der Waals surface area contributed by atoms with Crippen LogP contribution in [0.5, 0.6) is 0 Å². The summed E-state index contributed by atoms with van der Waals surface area (Å²) in [7, 11) is 0. The van der Waals surface area contributed by atoms with Gasteiger partial charge in [0.2, 0.25) is 5.95 Å². The quantitative estimate of drug-likeness (QED) is 0.695. The third-order valence-corrected chi connectivity index (χ3v) is 4.42. The minimum absolute atomic E-state index is 0.454. The van der Waals surface area contributed by atoms with Crippen LogP contribution in [0.4, 0.5) is 5.95 Å². The number of hydrogen-bond acceptors (Lipinski definition) is 2. The maximum absolute atomic E-state index is 6.24. The third kappa shape index (κ3) is 2.00. The number of halogens is 2. The van der Waals surface area contributed by atoms with Crippen molar-refractivity contribution in [3.05, 3.63) is 51.0 Å². The Morgan fingerprint density at radius 1 is 1.20 bits per heavy atom. The first-order chi connectivity index (χ1) is 9.49. The van der Waals surface area contributed by atoms with Crippen LogP contribution in [0, 0.1) is 13.8 Å². The Morgan fingerprint density at radius 2 is 1.95 bits per heavy atom.